The van der Waals surface area contributed by atoms with E-state index in [0.29, 0.717) is 5.56 Å². The first kappa shape index (κ1) is 18.5. The lowest BCUT2D eigenvalue weighted by atomic mass is 10.2. The van der Waals surface area contributed by atoms with Crippen molar-refractivity contribution in [1.29, 1.82) is 0 Å². The third kappa shape index (κ3) is 3.62. The second-order valence-corrected chi connectivity index (χ2v) is 9.59. The zero-order valence-electron chi connectivity index (χ0n) is 13.9. The predicted molar refractivity (Wildman–Crippen MR) is 95.1 cm³/mol. The van der Waals surface area contributed by atoms with E-state index in [9.17, 15) is 21.6 Å². The Kier molecular flexibility index (Phi) is 4.82. The summed E-state index contributed by atoms with van der Waals surface area (Å²) in [5.74, 6) is -1.39. The zero-order valence-corrected chi connectivity index (χ0v) is 15.5. The smallest absolute Gasteiger partial charge is 0.244 e. The minimum atomic E-state index is -3.78. The largest absolute Gasteiger partial charge is 0.273 e. The molecule has 0 saturated carbocycles. The molecule has 1 aliphatic heterocycles. The summed E-state index contributed by atoms with van der Waals surface area (Å²) in [5.41, 5.74) is 0.834. The van der Waals surface area contributed by atoms with E-state index in [1.165, 1.54) is 24.3 Å². The van der Waals surface area contributed by atoms with Crippen LogP contribution in [0.3, 0.4) is 0 Å². The molecular weight excluding hydrogens is 378 g/mol. The molecule has 0 unspecified atom stereocenters. The molecule has 1 aromatic heterocycles. The number of rotatable bonds is 5. The topological polar surface area (TPSA) is 114 Å². The molecular formula is C16H17N3O5S2. The lowest BCUT2D eigenvalue weighted by Gasteiger charge is -2.15. The predicted octanol–water partition coefficient (Wildman–Crippen LogP) is 0.873. The maximum atomic E-state index is 12.4. The van der Waals surface area contributed by atoms with Gasteiger partial charge in [0.15, 0.2) is 0 Å². The number of nitrogens with zero attached hydrogens (tertiary/aromatic N) is 2. The Bertz CT molecular complexity index is 1020. The minimum absolute atomic E-state index is 0.0257. The van der Waals surface area contributed by atoms with Crippen LogP contribution < -0.4 is 9.03 Å². The van der Waals surface area contributed by atoms with Gasteiger partial charge in [0.2, 0.25) is 26.0 Å². The summed E-state index contributed by atoms with van der Waals surface area (Å²) in [6, 6.07) is 8.61. The number of amides is 1. The van der Waals surface area contributed by atoms with E-state index in [1.54, 1.807) is 31.5 Å². The van der Waals surface area contributed by atoms with Gasteiger partial charge in [0.1, 0.15) is 0 Å². The number of anilines is 1. The fraction of sp³-hybridized carbons (Fsp3) is 0.250. The molecule has 1 aliphatic rings. The van der Waals surface area contributed by atoms with Crippen molar-refractivity contribution in [3.8, 4) is 0 Å². The van der Waals surface area contributed by atoms with Crippen LogP contribution in [0, 0.1) is 5.92 Å². The molecule has 1 aromatic carbocycles. The van der Waals surface area contributed by atoms with Crippen molar-refractivity contribution in [2.75, 3.05) is 10.1 Å². The van der Waals surface area contributed by atoms with Gasteiger partial charge in [-0.1, -0.05) is 13.0 Å². The van der Waals surface area contributed by atoms with Crippen LogP contribution in [-0.2, 0) is 31.4 Å². The maximum Gasteiger partial charge on any atom is 0.244 e. The van der Waals surface area contributed by atoms with Crippen LogP contribution in [0.15, 0.2) is 53.7 Å². The fourth-order valence-corrected chi connectivity index (χ4v) is 5.45. The summed E-state index contributed by atoms with van der Waals surface area (Å²) in [4.78, 5) is 16.0. The van der Waals surface area contributed by atoms with Crippen LogP contribution in [0.4, 0.5) is 5.69 Å². The Labute approximate surface area is 152 Å². The summed E-state index contributed by atoms with van der Waals surface area (Å²) in [6.45, 7) is 1.62. The first-order chi connectivity index (χ1) is 12.2. The summed E-state index contributed by atoms with van der Waals surface area (Å²) in [5, 5.41) is 0. The Morgan fingerprint density at radius 2 is 1.92 bits per heavy atom. The maximum absolute atomic E-state index is 12.4. The van der Waals surface area contributed by atoms with E-state index in [4.69, 9.17) is 0 Å². The molecule has 8 nitrogen and oxygen atoms in total. The molecule has 2 heterocycles. The van der Waals surface area contributed by atoms with E-state index in [2.05, 4.69) is 9.71 Å². The number of pyridine rings is 1. The third-order valence-corrected chi connectivity index (χ3v) is 7.22. The quantitative estimate of drug-likeness (QED) is 0.804. The lowest BCUT2D eigenvalue weighted by Crippen LogP contribution is -2.30. The number of benzene rings is 1. The standard InChI is InChI=1S/C16H17N3O5S2/c1-12-11-25(21,22)19(16(12)20)14-4-6-15(7-5-14)26(23,24)18-10-13-3-2-8-17-9-13/h2-9,12,18H,10-11H2,1H3/t12-/m0/s1. The highest BCUT2D eigenvalue weighted by Gasteiger charge is 2.41. The van der Waals surface area contributed by atoms with Crippen LogP contribution in [0.1, 0.15) is 12.5 Å². The molecule has 10 heteroatoms. The fourth-order valence-electron chi connectivity index (χ4n) is 2.61. The van der Waals surface area contributed by atoms with Crippen molar-refractivity contribution in [2.45, 2.75) is 18.4 Å². The number of carbonyl (C=O) groups is 1. The second-order valence-electron chi connectivity index (χ2n) is 5.96. The number of carbonyl (C=O) groups excluding carboxylic acids is 1. The number of sulfonamides is 2. The second kappa shape index (κ2) is 6.78. The highest BCUT2D eigenvalue weighted by atomic mass is 32.2. The van der Waals surface area contributed by atoms with Crippen LogP contribution >= 0.6 is 0 Å². The van der Waals surface area contributed by atoms with Crippen molar-refractivity contribution in [3.63, 3.8) is 0 Å². The van der Waals surface area contributed by atoms with Gasteiger partial charge in [0.05, 0.1) is 22.3 Å². The van der Waals surface area contributed by atoms with Gasteiger partial charge in [-0.25, -0.2) is 25.9 Å². The molecule has 0 spiro atoms. The SMILES string of the molecule is C[C@H]1CS(=O)(=O)N(c2ccc(S(=O)(=O)NCc3cccnc3)cc2)C1=O. The summed E-state index contributed by atoms with van der Waals surface area (Å²) in [6.07, 6.45) is 3.14. The number of hydrogen-bond donors (Lipinski definition) is 1. The van der Waals surface area contributed by atoms with E-state index in [1.807, 2.05) is 0 Å². The van der Waals surface area contributed by atoms with E-state index in [0.717, 1.165) is 4.31 Å². The van der Waals surface area contributed by atoms with Gasteiger partial charge in [-0.2, -0.15) is 0 Å². The molecule has 138 valence electrons. The van der Waals surface area contributed by atoms with Gasteiger partial charge >= 0.3 is 0 Å². The molecule has 0 radical (unpaired) electrons. The lowest BCUT2D eigenvalue weighted by molar-refractivity contribution is -0.119. The van der Waals surface area contributed by atoms with Crippen molar-refractivity contribution in [2.24, 2.45) is 5.92 Å². The normalized spacial score (nSPS) is 19.7. The molecule has 1 fully saturated rings. The average Bonchev–Trinajstić information content (AvgIpc) is 2.81. The highest BCUT2D eigenvalue weighted by Crippen LogP contribution is 2.28. The van der Waals surface area contributed by atoms with Crippen LogP contribution in [0.2, 0.25) is 0 Å². The molecule has 1 atom stereocenters. The van der Waals surface area contributed by atoms with Gasteiger partial charge in [0, 0.05) is 18.9 Å². The minimum Gasteiger partial charge on any atom is -0.273 e. The van der Waals surface area contributed by atoms with Gasteiger partial charge < -0.3 is 0 Å². The van der Waals surface area contributed by atoms with Crippen molar-refractivity contribution in [1.82, 2.24) is 9.71 Å². The number of hydrogen-bond acceptors (Lipinski definition) is 6. The summed E-state index contributed by atoms with van der Waals surface area (Å²) >= 11 is 0. The average molecular weight is 395 g/mol. The van der Waals surface area contributed by atoms with Gasteiger partial charge in [-0.15, -0.1) is 0 Å². The molecule has 1 N–H and O–H groups in total. The van der Waals surface area contributed by atoms with E-state index < -0.39 is 31.9 Å². The number of aromatic nitrogens is 1. The highest BCUT2D eigenvalue weighted by molar-refractivity contribution is 7.94. The molecule has 0 bridgehead atoms. The third-order valence-electron chi connectivity index (χ3n) is 3.93. The Hall–Kier alpha value is -2.30. The van der Waals surface area contributed by atoms with Crippen molar-refractivity contribution >= 4 is 31.6 Å². The Morgan fingerprint density at radius 1 is 1.23 bits per heavy atom. The van der Waals surface area contributed by atoms with Gasteiger partial charge in [-0.3, -0.25) is 9.78 Å². The molecule has 3 rings (SSSR count). The van der Waals surface area contributed by atoms with Crippen molar-refractivity contribution < 1.29 is 21.6 Å². The first-order valence-corrected chi connectivity index (χ1v) is 10.9. The zero-order chi connectivity index (χ0) is 18.9. The Balaban J connectivity index is 1.80. The van der Waals surface area contributed by atoms with Crippen LogP contribution in [-0.4, -0.2) is 33.5 Å². The van der Waals surface area contributed by atoms with E-state index in [-0.39, 0.29) is 22.9 Å². The summed E-state index contributed by atoms with van der Waals surface area (Å²) in [7, 11) is -7.50. The number of nitrogens with one attached hydrogen (secondary N) is 1. The first-order valence-electron chi connectivity index (χ1n) is 7.76. The molecule has 2 aromatic rings. The monoisotopic (exact) mass is 395 g/mol. The summed E-state index contributed by atoms with van der Waals surface area (Å²) < 4.78 is 52.1. The molecule has 0 aliphatic carbocycles. The van der Waals surface area contributed by atoms with Gasteiger partial charge in [-0.05, 0) is 35.9 Å². The van der Waals surface area contributed by atoms with Crippen molar-refractivity contribution in [3.05, 3.63) is 54.4 Å². The molecule has 26 heavy (non-hydrogen) atoms. The van der Waals surface area contributed by atoms with E-state index >= 15 is 0 Å². The molecule has 1 saturated heterocycles. The Morgan fingerprint density at radius 3 is 2.46 bits per heavy atom. The molecule has 1 amide bonds. The van der Waals surface area contributed by atoms with Crippen LogP contribution in [0.5, 0.6) is 0 Å². The van der Waals surface area contributed by atoms with Crippen LogP contribution in [0.25, 0.3) is 0 Å². The van der Waals surface area contributed by atoms with Gasteiger partial charge in [0.25, 0.3) is 0 Å².